The molecule has 1 heterocycles. The van der Waals surface area contributed by atoms with Crippen molar-refractivity contribution in [1.82, 2.24) is 9.97 Å². The second kappa shape index (κ2) is 4.58. The lowest BCUT2D eigenvalue weighted by Crippen LogP contribution is -2.16. The van der Waals surface area contributed by atoms with E-state index in [1.54, 1.807) is 0 Å². The Labute approximate surface area is 101 Å². The fourth-order valence-corrected chi connectivity index (χ4v) is 1.36. The molecule has 0 bridgehead atoms. The van der Waals surface area contributed by atoms with E-state index >= 15 is 0 Å². The molecule has 0 unspecified atom stereocenters. The number of nitrogens with one attached hydrogen (secondary N) is 2. The third-order valence-corrected chi connectivity index (χ3v) is 2.19. The van der Waals surface area contributed by atoms with Crippen molar-refractivity contribution in [3.8, 4) is 5.75 Å². The second-order valence-electron chi connectivity index (χ2n) is 3.43. The largest absolute Gasteiger partial charge is 0.508 e. The van der Waals surface area contributed by atoms with Gasteiger partial charge in [0.05, 0.1) is 6.33 Å². The monoisotopic (exact) mass is 247 g/mol. The van der Waals surface area contributed by atoms with Crippen LogP contribution in [-0.2, 0) is 0 Å². The van der Waals surface area contributed by atoms with Crippen molar-refractivity contribution in [1.29, 1.82) is 0 Å². The van der Waals surface area contributed by atoms with E-state index in [0.29, 0.717) is 5.69 Å². The van der Waals surface area contributed by atoms with Gasteiger partial charge in [0, 0.05) is 5.69 Å². The number of phenols is 1. The maximum atomic E-state index is 11.8. The molecule has 4 N–H and O–H groups in total. The molecular formula is C11H9N3O4. The number of phenolic OH excluding ortho intramolecular Hbond substituents is 1. The summed E-state index contributed by atoms with van der Waals surface area (Å²) in [6.07, 6.45) is 1.13. The molecule has 0 aliphatic rings. The number of carboxylic acid groups (broad SMARTS) is 1. The number of aromatic amines is 1. The number of imidazole rings is 1. The van der Waals surface area contributed by atoms with Crippen LogP contribution in [0.4, 0.5) is 5.69 Å². The number of rotatable bonds is 3. The van der Waals surface area contributed by atoms with Gasteiger partial charge in [-0.3, -0.25) is 4.79 Å². The molecule has 2 aromatic rings. The van der Waals surface area contributed by atoms with E-state index in [2.05, 4.69) is 15.3 Å². The first kappa shape index (κ1) is 11.6. The zero-order valence-electron chi connectivity index (χ0n) is 9.04. The number of carboxylic acids is 1. The van der Waals surface area contributed by atoms with Crippen molar-refractivity contribution in [3.05, 3.63) is 42.0 Å². The Hall–Kier alpha value is -2.83. The molecular weight excluding hydrogens is 238 g/mol. The SMILES string of the molecule is O=C(Nc1ccc(O)cc1)c1nc[nH]c1C(=O)O. The quantitative estimate of drug-likeness (QED) is 0.605. The molecule has 7 nitrogen and oxygen atoms in total. The number of anilines is 1. The highest BCUT2D eigenvalue weighted by Gasteiger charge is 2.19. The number of hydrogen-bond donors (Lipinski definition) is 4. The third-order valence-electron chi connectivity index (χ3n) is 2.19. The molecule has 0 saturated heterocycles. The Morgan fingerprint density at radius 3 is 2.50 bits per heavy atom. The van der Waals surface area contributed by atoms with Gasteiger partial charge in [-0.25, -0.2) is 9.78 Å². The Kier molecular flexibility index (Phi) is 2.96. The first-order valence-corrected chi connectivity index (χ1v) is 4.95. The summed E-state index contributed by atoms with van der Waals surface area (Å²) in [4.78, 5) is 28.6. The average molecular weight is 247 g/mol. The molecule has 1 aromatic heterocycles. The van der Waals surface area contributed by atoms with Crippen LogP contribution in [0.3, 0.4) is 0 Å². The lowest BCUT2D eigenvalue weighted by Gasteiger charge is -2.03. The summed E-state index contributed by atoms with van der Waals surface area (Å²) in [6.45, 7) is 0. The van der Waals surface area contributed by atoms with Crippen LogP contribution in [0.5, 0.6) is 5.75 Å². The topological polar surface area (TPSA) is 115 Å². The zero-order valence-corrected chi connectivity index (χ0v) is 9.04. The Morgan fingerprint density at radius 2 is 1.89 bits per heavy atom. The van der Waals surface area contributed by atoms with Crippen LogP contribution in [0, 0.1) is 0 Å². The van der Waals surface area contributed by atoms with Crippen LogP contribution in [0.15, 0.2) is 30.6 Å². The summed E-state index contributed by atoms with van der Waals surface area (Å²) in [7, 11) is 0. The first-order valence-electron chi connectivity index (χ1n) is 4.95. The minimum atomic E-state index is -1.26. The summed E-state index contributed by atoms with van der Waals surface area (Å²) < 4.78 is 0. The fourth-order valence-electron chi connectivity index (χ4n) is 1.36. The average Bonchev–Trinajstić information content (AvgIpc) is 2.81. The fraction of sp³-hybridized carbons (Fsp3) is 0. The minimum Gasteiger partial charge on any atom is -0.508 e. The van der Waals surface area contributed by atoms with Gasteiger partial charge in [-0.05, 0) is 24.3 Å². The van der Waals surface area contributed by atoms with E-state index < -0.39 is 11.9 Å². The molecule has 1 aromatic carbocycles. The number of aromatic nitrogens is 2. The Morgan fingerprint density at radius 1 is 1.22 bits per heavy atom. The van der Waals surface area contributed by atoms with Crippen molar-refractivity contribution in [2.75, 3.05) is 5.32 Å². The van der Waals surface area contributed by atoms with Gasteiger partial charge in [-0.15, -0.1) is 0 Å². The van der Waals surface area contributed by atoms with Crippen molar-refractivity contribution < 1.29 is 19.8 Å². The molecule has 0 saturated carbocycles. The van der Waals surface area contributed by atoms with Crippen LogP contribution in [0.25, 0.3) is 0 Å². The van der Waals surface area contributed by atoms with Gasteiger partial charge in [0.15, 0.2) is 11.4 Å². The van der Waals surface area contributed by atoms with Gasteiger partial charge >= 0.3 is 5.97 Å². The standard InChI is InChI=1S/C11H9N3O4/c15-7-3-1-6(2-4-7)14-10(16)8-9(11(17)18)13-5-12-8/h1-5,15H,(H,12,13)(H,14,16)(H,17,18). The first-order chi connectivity index (χ1) is 8.58. The van der Waals surface area contributed by atoms with Crippen LogP contribution in [-0.4, -0.2) is 32.1 Å². The molecule has 0 fully saturated rings. The molecule has 0 aliphatic carbocycles. The van der Waals surface area contributed by atoms with Crippen molar-refractivity contribution in [2.45, 2.75) is 0 Å². The molecule has 0 spiro atoms. The second-order valence-corrected chi connectivity index (χ2v) is 3.43. The van der Waals surface area contributed by atoms with Gasteiger partial charge in [-0.2, -0.15) is 0 Å². The lowest BCUT2D eigenvalue weighted by molar-refractivity contribution is 0.0686. The van der Waals surface area contributed by atoms with E-state index in [-0.39, 0.29) is 17.1 Å². The maximum absolute atomic E-state index is 11.8. The molecule has 18 heavy (non-hydrogen) atoms. The molecule has 0 aliphatic heterocycles. The third kappa shape index (κ3) is 2.29. The number of aromatic carboxylic acids is 1. The smallest absolute Gasteiger partial charge is 0.354 e. The summed E-state index contributed by atoms with van der Waals surface area (Å²) in [5, 5.41) is 20.4. The summed E-state index contributed by atoms with van der Waals surface area (Å²) in [5.74, 6) is -1.83. The Balaban J connectivity index is 2.19. The van der Waals surface area contributed by atoms with Gasteiger partial charge in [0.1, 0.15) is 5.75 Å². The number of hydrogen-bond acceptors (Lipinski definition) is 4. The van der Waals surface area contributed by atoms with E-state index in [9.17, 15) is 9.59 Å². The van der Waals surface area contributed by atoms with E-state index in [4.69, 9.17) is 10.2 Å². The summed E-state index contributed by atoms with van der Waals surface area (Å²) in [5.41, 5.74) is -0.0426. The highest BCUT2D eigenvalue weighted by molar-refractivity contribution is 6.08. The maximum Gasteiger partial charge on any atom is 0.354 e. The number of benzene rings is 1. The minimum absolute atomic E-state index is 0.0685. The highest BCUT2D eigenvalue weighted by Crippen LogP contribution is 2.15. The number of aromatic hydroxyl groups is 1. The molecule has 0 radical (unpaired) electrons. The van der Waals surface area contributed by atoms with Crippen molar-refractivity contribution in [3.63, 3.8) is 0 Å². The summed E-state index contributed by atoms with van der Waals surface area (Å²) in [6, 6.07) is 5.77. The van der Waals surface area contributed by atoms with Crippen LogP contribution in [0.1, 0.15) is 21.0 Å². The number of H-pyrrole nitrogens is 1. The van der Waals surface area contributed by atoms with Gasteiger partial charge < -0.3 is 20.5 Å². The molecule has 7 heteroatoms. The highest BCUT2D eigenvalue weighted by atomic mass is 16.4. The van der Waals surface area contributed by atoms with E-state index in [1.807, 2.05) is 0 Å². The van der Waals surface area contributed by atoms with Crippen molar-refractivity contribution in [2.24, 2.45) is 0 Å². The van der Waals surface area contributed by atoms with Gasteiger partial charge in [0.25, 0.3) is 5.91 Å². The number of nitrogens with zero attached hydrogens (tertiary/aromatic N) is 1. The van der Waals surface area contributed by atoms with Crippen molar-refractivity contribution >= 4 is 17.6 Å². The van der Waals surface area contributed by atoms with Crippen LogP contribution < -0.4 is 5.32 Å². The normalized spacial score (nSPS) is 10.0. The van der Waals surface area contributed by atoms with Crippen LogP contribution in [0.2, 0.25) is 0 Å². The molecule has 1 amide bonds. The number of carbonyl (C=O) groups is 2. The molecule has 92 valence electrons. The Bertz CT molecular complexity index is 589. The van der Waals surface area contributed by atoms with Crippen LogP contribution >= 0.6 is 0 Å². The molecule has 0 atom stereocenters. The predicted octanol–water partition coefficient (Wildman–Crippen LogP) is 1.07. The van der Waals surface area contributed by atoms with Gasteiger partial charge in [0.2, 0.25) is 0 Å². The van der Waals surface area contributed by atoms with Gasteiger partial charge in [-0.1, -0.05) is 0 Å². The number of carbonyl (C=O) groups excluding carboxylic acids is 1. The number of amides is 1. The molecule has 2 rings (SSSR count). The zero-order chi connectivity index (χ0) is 13.1. The lowest BCUT2D eigenvalue weighted by atomic mass is 10.2. The van der Waals surface area contributed by atoms with E-state index in [0.717, 1.165) is 6.33 Å². The summed E-state index contributed by atoms with van der Waals surface area (Å²) >= 11 is 0. The van der Waals surface area contributed by atoms with E-state index in [1.165, 1.54) is 24.3 Å². The predicted molar refractivity (Wildman–Crippen MR) is 61.6 cm³/mol.